The molecule has 0 amide bonds. The van der Waals surface area contributed by atoms with E-state index in [2.05, 4.69) is 4.74 Å². The SMILES string of the molecule is COC(=O)c1ccc(Cl)c(N(C)CC(C)=O)c1. The van der Waals surface area contributed by atoms with Gasteiger partial charge in [0.25, 0.3) is 0 Å². The highest BCUT2D eigenvalue weighted by atomic mass is 35.5. The van der Waals surface area contributed by atoms with Crippen molar-refractivity contribution in [2.24, 2.45) is 0 Å². The maximum absolute atomic E-state index is 11.4. The van der Waals surface area contributed by atoms with Gasteiger partial charge >= 0.3 is 5.97 Å². The normalized spacial score (nSPS) is 9.88. The lowest BCUT2D eigenvalue weighted by atomic mass is 10.2. The highest BCUT2D eigenvalue weighted by Gasteiger charge is 2.12. The second-order valence-corrected chi connectivity index (χ2v) is 4.12. The Bertz CT molecular complexity index is 445. The second-order valence-electron chi connectivity index (χ2n) is 3.72. The summed E-state index contributed by atoms with van der Waals surface area (Å²) in [7, 11) is 3.06. The smallest absolute Gasteiger partial charge is 0.337 e. The van der Waals surface area contributed by atoms with E-state index in [1.807, 2.05) is 0 Å². The number of esters is 1. The monoisotopic (exact) mass is 255 g/mol. The third-order valence-electron chi connectivity index (χ3n) is 2.24. The zero-order chi connectivity index (χ0) is 13.0. The van der Waals surface area contributed by atoms with Crippen LogP contribution in [0, 0.1) is 0 Å². The summed E-state index contributed by atoms with van der Waals surface area (Å²) in [6.07, 6.45) is 0. The number of hydrogen-bond donors (Lipinski definition) is 0. The molecule has 4 nitrogen and oxygen atoms in total. The third kappa shape index (κ3) is 3.46. The van der Waals surface area contributed by atoms with Crippen molar-refractivity contribution in [1.82, 2.24) is 0 Å². The summed E-state index contributed by atoms with van der Waals surface area (Å²) in [5.74, 6) is -0.411. The summed E-state index contributed by atoms with van der Waals surface area (Å²) in [6, 6.07) is 4.80. The Morgan fingerprint density at radius 1 is 1.41 bits per heavy atom. The zero-order valence-electron chi connectivity index (χ0n) is 9.99. The van der Waals surface area contributed by atoms with Gasteiger partial charge in [0.2, 0.25) is 0 Å². The molecule has 1 rings (SSSR count). The van der Waals surface area contributed by atoms with Gasteiger partial charge in [-0.05, 0) is 25.1 Å². The van der Waals surface area contributed by atoms with Gasteiger partial charge in [0.1, 0.15) is 5.78 Å². The molecule has 0 spiro atoms. The number of anilines is 1. The summed E-state index contributed by atoms with van der Waals surface area (Å²) in [5.41, 5.74) is 1.03. The molecule has 0 saturated heterocycles. The van der Waals surface area contributed by atoms with Crippen molar-refractivity contribution < 1.29 is 14.3 Å². The van der Waals surface area contributed by atoms with Crippen molar-refractivity contribution in [3.8, 4) is 0 Å². The molecule has 1 aromatic carbocycles. The van der Waals surface area contributed by atoms with Crippen LogP contribution in [-0.4, -0.2) is 32.5 Å². The van der Waals surface area contributed by atoms with Gasteiger partial charge in [-0.3, -0.25) is 4.79 Å². The Balaban J connectivity index is 3.05. The quantitative estimate of drug-likeness (QED) is 0.774. The first-order valence-corrected chi connectivity index (χ1v) is 5.42. The predicted molar refractivity (Wildman–Crippen MR) is 66.7 cm³/mol. The number of hydrogen-bond acceptors (Lipinski definition) is 4. The zero-order valence-corrected chi connectivity index (χ0v) is 10.7. The molecule has 5 heteroatoms. The molecule has 0 fully saturated rings. The maximum Gasteiger partial charge on any atom is 0.337 e. The average molecular weight is 256 g/mol. The van der Waals surface area contributed by atoms with Crippen LogP contribution in [0.15, 0.2) is 18.2 Å². The van der Waals surface area contributed by atoms with E-state index in [9.17, 15) is 9.59 Å². The summed E-state index contributed by atoms with van der Waals surface area (Å²) < 4.78 is 4.62. The first kappa shape index (κ1) is 13.5. The van der Waals surface area contributed by atoms with Crippen LogP contribution < -0.4 is 4.90 Å². The van der Waals surface area contributed by atoms with Crippen LogP contribution in [0.1, 0.15) is 17.3 Å². The number of ether oxygens (including phenoxy) is 1. The van der Waals surface area contributed by atoms with Gasteiger partial charge in [-0.15, -0.1) is 0 Å². The van der Waals surface area contributed by atoms with Crippen molar-refractivity contribution in [2.45, 2.75) is 6.92 Å². The molecule has 0 bridgehead atoms. The number of carbonyl (C=O) groups excluding carboxylic acids is 2. The Morgan fingerprint density at radius 3 is 2.59 bits per heavy atom. The predicted octanol–water partition coefficient (Wildman–Crippen LogP) is 2.15. The van der Waals surface area contributed by atoms with E-state index in [4.69, 9.17) is 11.6 Å². The maximum atomic E-state index is 11.4. The number of Topliss-reactive ketones (excluding diaryl/α,β-unsaturated/α-hetero) is 1. The van der Waals surface area contributed by atoms with Gasteiger partial charge in [0, 0.05) is 7.05 Å². The van der Waals surface area contributed by atoms with E-state index in [1.165, 1.54) is 14.0 Å². The molecule has 1 aromatic rings. The lowest BCUT2D eigenvalue weighted by Crippen LogP contribution is -2.24. The fourth-order valence-electron chi connectivity index (χ4n) is 1.47. The Labute approximate surface area is 105 Å². The fourth-order valence-corrected chi connectivity index (χ4v) is 1.73. The topological polar surface area (TPSA) is 46.6 Å². The molecular formula is C12H14ClNO3. The van der Waals surface area contributed by atoms with Crippen LogP contribution in [0.5, 0.6) is 0 Å². The Morgan fingerprint density at radius 2 is 2.06 bits per heavy atom. The number of methoxy groups -OCH3 is 1. The molecule has 0 aromatic heterocycles. The summed E-state index contributed by atoms with van der Waals surface area (Å²) >= 11 is 6.02. The van der Waals surface area contributed by atoms with Crippen molar-refractivity contribution in [3.05, 3.63) is 28.8 Å². The first-order chi connectivity index (χ1) is 7.95. The van der Waals surface area contributed by atoms with Gasteiger partial charge in [0.15, 0.2) is 0 Å². The molecule has 0 heterocycles. The molecular weight excluding hydrogens is 242 g/mol. The minimum atomic E-state index is -0.431. The van der Waals surface area contributed by atoms with Gasteiger partial charge in [-0.1, -0.05) is 11.6 Å². The van der Waals surface area contributed by atoms with Crippen molar-refractivity contribution >= 4 is 29.0 Å². The number of carbonyl (C=O) groups is 2. The molecule has 0 saturated carbocycles. The summed E-state index contributed by atoms with van der Waals surface area (Å²) in [5, 5.41) is 0.487. The van der Waals surface area contributed by atoms with Gasteiger partial charge in [-0.2, -0.15) is 0 Å². The molecule has 0 N–H and O–H groups in total. The van der Waals surface area contributed by atoms with Gasteiger partial charge in [-0.25, -0.2) is 4.79 Å². The van der Waals surface area contributed by atoms with E-state index >= 15 is 0 Å². The largest absolute Gasteiger partial charge is 0.465 e. The minimum Gasteiger partial charge on any atom is -0.465 e. The number of rotatable bonds is 4. The highest BCUT2D eigenvalue weighted by molar-refractivity contribution is 6.33. The van der Waals surface area contributed by atoms with E-state index in [0.29, 0.717) is 16.3 Å². The van der Waals surface area contributed by atoms with Gasteiger partial charge in [0.05, 0.1) is 29.9 Å². The highest BCUT2D eigenvalue weighted by Crippen LogP contribution is 2.26. The molecule has 0 aliphatic rings. The third-order valence-corrected chi connectivity index (χ3v) is 2.56. The van der Waals surface area contributed by atoms with Crippen LogP contribution in [-0.2, 0) is 9.53 Å². The van der Waals surface area contributed by atoms with E-state index in [0.717, 1.165) is 0 Å². The Kier molecular flexibility index (Phi) is 4.52. The molecule has 0 unspecified atom stereocenters. The molecule has 92 valence electrons. The molecule has 0 aliphatic heterocycles. The van der Waals surface area contributed by atoms with Crippen LogP contribution in [0.3, 0.4) is 0 Å². The van der Waals surface area contributed by atoms with Gasteiger partial charge < -0.3 is 9.64 Å². The standard InChI is InChI=1S/C12H14ClNO3/c1-8(15)7-14(2)11-6-9(12(16)17-3)4-5-10(11)13/h4-6H,7H2,1-3H3. The number of ketones is 1. The first-order valence-electron chi connectivity index (χ1n) is 5.04. The van der Waals surface area contributed by atoms with E-state index in [-0.39, 0.29) is 12.3 Å². The number of benzene rings is 1. The van der Waals surface area contributed by atoms with Crippen LogP contribution in [0.4, 0.5) is 5.69 Å². The molecule has 0 atom stereocenters. The minimum absolute atomic E-state index is 0.0204. The van der Waals surface area contributed by atoms with Crippen molar-refractivity contribution in [2.75, 3.05) is 25.6 Å². The van der Waals surface area contributed by atoms with E-state index < -0.39 is 5.97 Å². The van der Waals surface area contributed by atoms with Crippen molar-refractivity contribution in [1.29, 1.82) is 0 Å². The molecule has 0 aliphatic carbocycles. The number of nitrogens with zero attached hydrogens (tertiary/aromatic N) is 1. The van der Waals surface area contributed by atoms with E-state index in [1.54, 1.807) is 30.1 Å². The van der Waals surface area contributed by atoms with Crippen LogP contribution in [0.25, 0.3) is 0 Å². The lowest BCUT2D eigenvalue weighted by Gasteiger charge is -2.19. The number of halogens is 1. The summed E-state index contributed by atoms with van der Waals surface area (Å²) in [6.45, 7) is 1.74. The Hall–Kier alpha value is -1.55. The van der Waals surface area contributed by atoms with Crippen LogP contribution >= 0.6 is 11.6 Å². The molecule has 17 heavy (non-hydrogen) atoms. The lowest BCUT2D eigenvalue weighted by molar-refractivity contribution is -0.115. The number of likely N-dealkylation sites (N-methyl/N-ethyl adjacent to an activating group) is 1. The van der Waals surface area contributed by atoms with Crippen LogP contribution in [0.2, 0.25) is 5.02 Å². The fraction of sp³-hybridized carbons (Fsp3) is 0.333. The average Bonchev–Trinajstić information content (AvgIpc) is 2.27. The molecule has 0 radical (unpaired) electrons. The van der Waals surface area contributed by atoms with Crippen molar-refractivity contribution in [3.63, 3.8) is 0 Å². The second kappa shape index (κ2) is 5.68. The summed E-state index contributed by atoms with van der Waals surface area (Å²) in [4.78, 5) is 24.1.